The zero-order valence-corrected chi connectivity index (χ0v) is 11.4. The van der Waals surface area contributed by atoms with Crippen LogP contribution in [0.3, 0.4) is 0 Å². The van der Waals surface area contributed by atoms with E-state index >= 15 is 0 Å². The van der Waals surface area contributed by atoms with Crippen LogP contribution in [-0.2, 0) is 18.8 Å². The lowest BCUT2D eigenvalue weighted by atomic mass is 10.2. The number of rotatable bonds is 2. The van der Waals surface area contributed by atoms with Crippen molar-refractivity contribution in [3.8, 4) is 0 Å². The molecule has 0 radical (unpaired) electrons. The van der Waals surface area contributed by atoms with Gasteiger partial charge in [0.1, 0.15) is 0 Å². The second-order valence-electron chi connectivity index (χ2n) is 4.22. The SMILES string of the molecule is COC(=O)c1cccc(S(C)(N)(=O)C(=O)C(F)(F)F)c1. The standard InChI is InChI=1S/C11H12F3NO4S/c1-19-9(16)7-4-3-5-8(6-7)20(2,15,18)10(17)11(12,13)14/h3-6H,1-2H3,(H2,15,18). The average molecular weight is 311 g/mol. The summed E-state index contributed by atoms with van der Waals surface area (Å²) in [7, 11) is -4.26. The summed E-state index contributed by atoms with van der Waals surface area (Å²) >= 11 is 0. The number of halogens is 3. The maximum Gasteiger partial charge on any atom is 0.463 e. The number of carbonyl (C=O) groups is 2. The van der Waals surface area contributed by atoms with E-state index in [0.29, 0.717) is 6.26 Å². The Labute approximate surface area is 112 Å². The number of nitrogens with two attached hydrogens (primary N) is 1. The van der Waals surface area contributed by atoms with Crippen LogP contribution in [0.15, 0.2) is 29.2 Å². The van der Waals surface area contributed by atoms with Crippen LogP contribution in [0.1, 0.15) is 10.4 Å². The number of ether oxygens (including phenoxy) is 1. The van der Waals surface area contributed by atoms with Gasteiger partial charge in [-0.2, -0.15) is 13.2 Å². The van der Waals surface area contributed by atoms with Gasteiger partial charge in [-0.3, -0.25) is 14.1 Å². The van der Waals surface area contributed by atoms with Gasteiger partial charge in [-0.1, -0.05) is 6.07 Å². The summed E-state index contributed by atoms with van der Waals surface area (Å²) in [5.74, 6) is -0.852. The number of methoxy groups -OCH3 is 1. The predicted octanol–water partition coefficient (Wildman–Crippen LogP) is 1.24. The lowest BCUT2D eigenvalue weighted by Gasteiger charge is -2.32. The highest BCUT2D eigenvalue weighted by Gasteiger charge is 2.53. The van der Waals surface area contributed by atoms with Crippen LogP contribution in [-0.4, -0.2) is 34.8 Å². The molecule has 5 nitrogen and oxygen atoms in total. The molecule has 9 heteroatoms. The molecule has 112 valence electrons. The highest BCUT2D eigenvalue weighted by molar-refractivity contribution is 8.30. The molecule has 1 rings (SSSR count). The first kappa shape index (κ1) is 16.3. The topological polar surface area (TPSA) is 86.5 Å². The normalized spacial score (nSPS) is 14.2. The zero-order chi connectivity index (χ0) is 15.8. The maximum atomic E-state index is 12.5. The third-order valence-electron chi connectivity index (χ3n) is 2.53. The minimum Gasteiger partial charge on any atom is -0.465 e. The van der Waals surface area contributed by atoms with Crippen molar-refractivity contribution in [3.63, 3.8) is 0 Å². The summed E-state index contributed by atoms with van der Waals surface area (Å²) in [5.41, 5.74) is -0.161. The Hall–Kier alpha value is -1.74. The van der Waals surface area contributed by atoms with E-state index in [4.69, 9.17) is 5.14 Å². The molecule has 2 N–H and O–H groups in total. The Bertz CT molecular complexity index is 633. The average Bonchev–Trinajstić information content (AvgIpc) is 2.35. The summed E-state index contributed by atoms with van der Waals surface area (Å²) in [6.07, 6.45) is -4.84. The van der Waals surface area contributed by atoms with Gasteiger partial charge in [0.2, 0.25) is 0 Å². The molecule has 0 aliphatic carbocycles. The van der Waals surface area contributed by atoms with Gasteiger partial charge >= 0.3 is 17.3 Å². The molecule has 0 amide bonds. The van der Waals surface area contributed by atoms with E-state index in [1.54, 1.807) is 0 Å². The number of esters is 1. The smallest absolute Gasteiger partial charge is 0.463 e. The van der Waals surface area contributed by atoms with Crippen LogP contribution in [0.25, 0.3) is 0 Å². The fourth-order valence-electron chi connectivity index (χ4n) is 1.45. The lowest BCUT2D eigenvalue weighted by molar-refractivity contribution is -0.161. The van der Waals surface area contributed by atoms with E-state index in [0.717, 1.165) is 25.3 Å². The molecule has 0 aliphatic heterocycles. The highest BCUT2D eigenvalue weighted by atomic mass is 32.3. The lowest BCUT2D eigenvalue weighted by Crippen LogP contribution is -2.54. The molecular formula is C11H12F3NO4S. The maximum absolute atomic E-state index is 12.5. The molecule has 0 unspecified atom stereocenters. The van der Waals surface area contributed by atoms with Crippen molar-refractivity contribution in [1.82, 2.24) is 0 Å². The molecule has 0 saturated heterocycles. The Kier molecular flexibility index (Phi) is 3.81. The van der Waals surface area contributed by atoms with Gasteiger partial charge in [-0.25, -0.2) is 4.79 Å². The molecule has 0 aromatic heterocycles. The van der Waals surface area contributed by atoms with Crippen molar-refractivity contribution in [2.45, 2.75) is 11.1 Å². The van der Waals surface area contributed by atoms with E-state index in [1.807, 2.05) is 0 Å². The highest BCUT2D eigenvalue weighted by Crippen LogP contribution is 2.35. The molecule has 0 atom stereocenters. The van der Waals surface area contributed by atoms with Crippen LogP contribution in [0, 0.1) is 0 Å². The Morgan fingerprint density at radius 1 is 1.30 bits per heavy atom. The Morgan fingerprint density at radius 2 is 1.85 bits per heavy atom. The molecule has 1 aromatic carbocycles. The third-order valence-corrected chi connectivity index (χ3v) is 5.11. The van der Waals surface area contributed by atoms with Crippen LogP contribution in [0.4, 0.5) is 13.2 Å². The van der Waals surface area contributed by atoms with Gasteiger partial charge in [0, 0.05) is 20.4 Å². The van der Waals surface area contributed by atoms with Crippen LogP contribution in [0.2, 0.25) is 0 Å². The van der Waals surface area contributed by atoms with Crippen LogP contribution in [0.5, 0.6) is 0 Å². The molecule has 0 heterocycles. The molecule has 0 fully saturated rings. The summed E-state index contributed by atoms with van der Waals surface area (Å²) in [6.45, 7) is 0. The van der Waals surface area contributed by atoms with Gasteiger partial charge in [-0.15, -0.1) is 0 Å². The van der Waals surface area contributed by atoms with Gasteiger partial charge < -0.3 is 4.74 Å². The van der Waals surface area contributed by atoms with Crippen LogP contribution >= 0.6 is 0 Å². The first-order chi connectivity index (χ1) is 8.88. The molecular weight excluding hydrogens is 299 g/mol. The summed E-state index contributed by atoms with van der Waals surface area (Å²) < 4.78 is 54.3. The largest absolute Gasteiger partial charge is 0.465 e. The van der Waals surface area contributed by atoms with Crippen molar-refractivity contribution in [3.05, 3.63) is 29.8 Å². The van der Waals surface area contributed by atoms with Crippen molar-refractivity contribution in [1.29, 1.82) is 0 Å². The summed E-state index contributed by atoms with van der Waals surface area (Å²) in [4.78, 5) is 22.1. The molecule has 0 saturated carbocycles. The summed E-state index contributed by atoms with van der Waals surface area (Å²) in [6, 6.07) is 4.24. The van der Waals surface area contributed by atoms with E-state index < -0.39 is 31.4 Å². The van der Waals surface area contributed by atoms with Gasteiger partial charge in [0.05, 0.1) is 12.7 Å². The van der Waals surface area contributed by atoms with E-state index in [2.05, 4.69) is 4.74 Å². The minimum atomic E-state index is -5.35. The second-order valence-corrected chi connectivity index (χ2v) is 7.88. The van der Waals surface area contributed by atoms with Crippen molar-refractivity contribution in [2.24, 2.45) is 5.14 Å². The fourth-order valence-corrected chi connectivity index (χ4v) is 3.08. The quantitative estimate of drug-likeness (QED) is 0.833. The molecule has 0 aliphatic rings. The van der Waals surface area contributed by atoms with Crippen molar-refractivity contribution in [2.75, 3.05) is 13.4 Å². The van der Waals surface area contributed by atoms with Gasteiger partial charge in [0.25, 0.3) is 0 Å². The molecule has 1 aromatic rings. The Balaban J connectivity index is 3.46. The number of alkyl halides is 3. The van der Waals surface area contributed by atoms with Gasteiger partial charge in [-0.05, 0) is 18.2 Å². The van der Waals surface area contributed by atoms with Gasteiger partial charge in [0.15, 0.2) is 0 Å². The molecule has 0 spiro atoms. The minimum absolute atomic E-state index is 0.161. The number of hydrogen-bond acceptors (Lipinski definition) is 4. The van der Waals surface area contributed by atoms with E-state index in [1.165, 1.54) is 6.07 Å². The van der Waals surface area contributed by atoms with E-state index in [9.17, 15) is 27.0 Å². The molecule has 0 bridgehead atoms. The molecule has 20 heavy (non-hydrogen) atoms. The summed E-state index contributed by atoms with van der Waals surface area (Å²) in [5, 5.41) is 2.71. The Morgan fingerprint density at radius 3 is 2.30 bits per heavy atom. The second kappa shape index (κ2) is 4.67. The number of carbonyl (C=O) groups excluding carboxylic acids is 2. The number of hydrogen-bond donors (Lipinski definition) is 1. The van der Waals surface area contributed by atoms with E-state index in [-0.39, 0.29) is 5.56 Å². The fraction of sp³-hybridized carbons (Fsp3) is 0.273. The third kappa shape index (κ3) is 2.88. The predicted molar refractivity (Wildman–Crippen MR) is 65.4 cm³/mol. The first-order valence-corrected chi connectivity index (χ1v) is 7.57. The van der Waals surface area contributed by atoms with Crippen molar-refractivity contribution >= 4 is 20.3 Å². The monoisotopic (exact) mass is 311 g/mol. The number of benzene rings is 1. The van der Waals surface area contributed by atoms with Crippen molar-refractivity contribution < 1.29 is 31.7 Å². The first-order valence-electron chi connectivity index (χ1n) is 5.13. The van der Waals surface area contributed by atoms with Crippen LogP contribution < -0.4 is 5.14 Å². The zero-order valence-electron chi connectivity index (χ0n) is 10.6.